The van der Waals surface area contributed by atoms with Crippen molar-refractivity contribution < 1.29 is 23.1 Å². The van der Waals surface area contributed by atoms with Crippen LogP contribution in [0.5, 0.6) is 11.6 Å². The molecule has 11 heteroatoms. The van der Waals surface area contributed by atoms with E-state index in [9.17, 15) is 18.4 Å². The second-order valence-electron chi connectivity index (χ2n) is 7.32. The fourth-order valence-corrected chi connectivity index (χ4v) is 3.18. The maximum atomic E-state index is 14.8. The average molecular weight is 478 g/mol. The lowest BCUT2D eigenvalue weighted by atomic mass is 10.1. The van der Waals surface area contributed by atoms with Gasteiger partial charge in [-0.15, -0.1) is 0 Å². The van der Waals surface area contributed by atoms with E-state index in [0.29, 0.717) is 11.2 Å². The molecule has 0 aliphatic carbocycles. The Balaban J connectivity index is 1.51. The number of amides is 2. The molecule has 2 aromatic heterocycles. The molecule has 0 aliphatic rings. The lowest BCUT2D eigenvalue weighted by molar-refractivity contribution is -0.118. The normalized spacial score (nSPS) is 11.5. The first-order valence-corrected chi connectivity index (χ1v) is 10.4. The number of allylic oxidation sites excluding steroid dienone is 1. The van der Waals surface area contributed by atoms with Crippen molar-refractivity contribution in [3.05, 3.63) is 90.0 Å². The van der Waals surface area contributed by atoms with E-state index in [2.05, 4.69) is 26.0 Å². The van der Waals surface area contributed by atoms with E-state index in [-0.39, 0.29) is 28.6 Å². The quantitative estimate of drug-likeness (QED) is 0.211. The first-order chi connectivity index (χ1) is 16.9. The van der Waals surface area contributed by atoms with Gasteiger partial charge in [-0.05, 0) is 55.5 Å². The van der Waals surface area contributed by atoms with Gasteiger partial charge in [-0.25, -0.2) is 13.3 Å². The third-order valence-corrected chi connectivity index (χ3v) is 5.00. The van der Waals surface area contributed by atoms with E-state index in [1.807, 2.05) is 0 Å². The van der Waals surface area contributed by atoms with Crippen LogP contribution in [0.2, 0.25) is 0 Å². The van der Waals surface area contributed by atoms with Crippen molar-refractivity contribution in [1.82, 2.24) is 19.9 Å². The number of hydrogen-bond acceptors (Lipinski definition) is 6. The fraction of sp³-hybridized carbons (Fsp3) is 0.0833. The number of aromatic nitrogens is 3. The van der Waals surface area contributed by atoms with Crippen molar-refractivity contribution >= 4 is 28.7 Å². The number of halogens is 2. The van der Waals surface area contributed by atoms with Gasteiger partial charge in [0.25, 0.3) is 11.8 Å². The fourth-order valence-electron chi connectivity index (χ4n) is 3.18. The molecule has 35 heavy (non-hydrogen) atoms. The molecule has 0 spiro atoms. The number of nitrogens with one attached hydrogen (secondary N) is 3. The first kappa shape index (κ1) is 23.4. The summed E-state index contributed by atoms with van der Waals surface area (Å²) < 4.78 is 35.0. The molecule has 2 heterocycles. The molecule has 0 atom stereocenters. The zero-order valence-corrected chi connectivity index (χ0v) is 18.7. The monoisotopic (exact) mass is 478 g/mol. The summed E-state index contributed by atoms with van der Waals surface area (Å²) in [6, 6.07) is 12.4. The largest absolute Gasteiger partial charge is 0.434 e. The summed E-state index contributed by atoms with van der Waals surface area (Å²) in [5, 5.41) is 11.8. The minimum Gasteiger partial charge on any atom is -0.434 e. The van der Waals surface area contributed by atoms with Crippen molar-refractivity contribution in [2.75, 3.05) is 17.7 Å². The Morgan fingerprint density at radius 3 is 2.34 bits per heavy atom. The van der Waals surface area contributed by atoms with Gasteiger partial charge < -0.3 is 20.7 Å². The number of ether oxygens (including phenoxy) is 1. The van der Waals surface area contributed by atoms with Crippen molar-refractivity contribution in [3.8, 4) is 11.6 Å². The van der Waals surface area contributed by atoms with Crippen LogP contribution in [0.3, 0.4) is 0 Å². The van der Waals surface area contributed by atoms with Crippen LogP contribution in [0.1, 0.15) is 6.92 Å². The van der Waals surface area contributed by atoms with E-state index in [0.717, 1.165) is 6.07 Å². The van der Waals surface area contributed by atoms with Gasteiger partial charge in [0.2, 0.25) is 5.88 Å². The Hall–Kier alpha value is -4.80. The highest BCUT2D eigenvalue weighted by Crippen LogP contribution is 2.28. The number of hydrogen-bond donors (Lipinski definition) is 3. The lowest BCUT2D eigenvalue weighted by Crippen LogP contribution is -2.29. The maximum absolute atomic E-state index is 14.8. The lowest BCUT2D eigenvalue weighted by Gasteiger charge is -2.14. The van der Waals surface area contributed by atoms with E-state index >= 15 is 0 Å². The van der Waals surface area contributed by atoms with Gasteiger partial charge in [-0.2, -0.15) is 10.1 Å². The zero-order chi connectivity index (χ0) is 24.9. The van der Waals surface area contributed by atoms with Gasteiger partial charge in [0.1, 0.15) is 23.2 Å². The highest BCUT2D eigenvalue weighted by atomic mass is 19.1. The van der Waals surface area contributed by atoms with E-state index in [1.165, 1.54) is 47.2 Å². The molecule has 0 bridgehead atoms. The molecule has 0 unspecified atom stereocenters. The second-order valence-corrected chi connectivity index (χ2v) is 7.32. The molecule has 0 saturated heterocycles. The van der Waals surface area contributed by atoms with Crippen molar-refractivity contribution in [2.24, 2.45) is 0 Å². The minimum absolute atomic E-state index is 0.103. The Morgan fingerprint density at radius 1 is 0.971 bits per heavy atom. The minimum atomic E-state index is -0.768. The molecule has 3 N–H and O–H groups in total. The number of fused-ring (bicyclic) bond motifs is 1. The maximum Gasteiger partial charge on any atom is 0.263 e. The standard InChI is InChI=1S/C24H20F2N6O3/c1-14(27-2)21(22(33)30-16-7-5-15(25)6-8-16)23(34)31-17-9-10-20(18(26)12-17)35-24-19-4-3-11-32(19)29-13-28-24/h3-13,27H,1-2H3,(H,30,33)(H,31,34)/b21-14+. The van der Waals surface area contributed by atoms with Crippen LogP contribution < -0.4 is 20.7 Å². The third kappa shape index (κ3) is 5.24. The Labute approximate surface area is 198 Å². The number of benzene rings is 2. The molecular weight excluding hydrogens is 458 g/mol. The molecule has 0 fully saturated rings. The summed E-state index contributed by atoms with van der Waals surface area (Å²) in [6.07, 6.45) is 2.98. The van der Waals surface area contributed by atoms with Crippen molar-refractivity contribution in [2.45, 2.75) is 6.92 Å². The van der Waals surface area contributed by atoms with Crippen molar-refractivity contribution in [1.29, 1.82) is 0 Å². The van der Waals surface area contributed by atoms with E-state index in [1.54, 1.807) is 32.3 Å². The molecule has 4 rings (SSSR count). The predicted molar refractivity (Wildman–Crippen MR) is 125 cm³/mol. The molecule has 0 radical (unpaired) electrons. The molecule has 0 saturated carbocycles. The van der Waals surface area contributed by atoms with Crippen LogP contribution in [0.4, 0.5) is 20.2 Å². The van der Waals surface area contributed by atoms with Crippen LogP contribution in [0.15, 0.2) is 78.4 Å². The molecule has 2 aromatic carbocycles. The summed E-state index contributed by atoms with van der Waals surface area (Å²) in [5.41, 5.74) is 1.01. The summed E-state index contributed by atoms with van der Waals surface area (Å²) >= 11 is 0. The summed E-state index contributed by atoms with van der Waals surface area (Å²) in [4.78, 5) is 29.7. The molecule has 178 valence electrons. The van der Waals surface area contributed by atoms with Gasteiger partial charge in [0, 0.05) is 36.4 Å². The topological polar surface area (TPSA) is 110 Å². The van der Waals surface area contributed by atoms with Gasteiger partial charge in [0.15, 0.2) is 11.6 Å². The first-order valence-electron chi connectivity index (χ1n) is 10.4. The van der Waals surface area contributed by atoms with Gasteiger partial charge in [-0.1, -0.05) is 0 Å². The zero-order valence-electron chi connectivity index (χ0n) is 18.7. The second kappa shape index (κ2) is 10.00. The highest BCUT2D eigenvalue weighted by molar-refractivity contribution is 6.26. The van der Waals surface area contributed by atoms with Crippen LogP contribution in [0, 0.1) is 11.6 Å². The smallest absolute Gasteiger partial charge is 0.263 e. The van der Waals surface area contributed by atoms with Crippen LogP contribution in [-0.2, 0) is 9.59 Å². The number of rotatable bonds is 7. The number of anilines is 2. The van der Waals surface area contributed by atoms with Crippen LogP contribution in [0.25, 0.3) is 5.52 Å². The molecule has 4 aromatic rings. The van der Waals surface area contributed by atoms with Gasteiger partial charge >= 0.3 is 0 Å². The number of carbonyl (C=O) groups is 2. The van der Waals surface area contributed by atoms with Gasteiger partial charge in [0.05, 0.1) is 0 Å². The molecule has 2 amide bonds. The van der Waals surface area contributed by atoms with Crippen LogP contribution >= 0.6 is 0 Å². The summed E-state index contributed by atoms with van der Waals surface area (Å²) in [6.45, 7) is 1.54. The molecule has 9 nitrogen and oxygen atoms in total. The average Bonchev–Trinajstić information content (AvgIpc) is 3.32. The summed E-state index contributed by atoms with van der Waals surface area (Å²) in [7, 11) is 1.55. The third-order valence-electron chi connectivity index (χ3n) is 5.00. The Morgan fingerprint density at radius 2 is 1.66 bits per heavy atom. The van der Waals surface area contributed by atoms with E-state index in [4.69, 9.17) is 4.74 Å². The van der Waals surface area contributed by atoms with E-state index < -0.39 is 23.4 Å². The number of nitrogens with zero attached hydrogens (tertiary/aromatic N) is 3. The SMILES string of the molecule is CN/C(C)=C(\C(=O)Nc1ccc(F)cc1)C(=O)Nc1ccc(Oc2ncnn3cccc23)c(F)c1. The Kier molecular flexibility index (Phi) is 6.67. The number of carbonyl (C=O) groups excluding carboxylic acids is 2. The van der Waals surface area contributed by atoms with Crippen molar-refractivity contribution in [3.63, 3.8) is 0 Å². The molecule has 0 aliphatic heterocycles. The highest BCUT2D eigenvalue weighted by Gasteiger charge is 2.22. The predicted octanol–water partition coefficient (Wildman–Crippen LogP) is 3.87. The molecular formula is C24H20F2N6O3. The van der Waals surface area contributed by atoms with Crippen LogP contribution in [-0.4, -0.2) is 33.5 Å². The summed E-state index contributed by atoms with van der Waals surface area (Å²) in [5.74, 6) is -2.65. The Bertz CT molecular complexity index is 1430. The van der Waals surface area contributed by atoms with Gasteiger partial charge in [-0.3, -0.25) is 9.59 Å².